The molecule has 10 nitrogen and oxygen atoms in total. The van der Waals surface area contributed by atoms with E-state index < -0.39 is 0 Å². The Morgan fingerprint density at radius 1 is 1.12 bits per heavy atom. The molecule has 0 aliphatic carbocycles. The Labute approximate surface area is 180 Å². The van der Waals surface area contributed by atoms with Crippen molar-refractivity contribution in [2.45, 2.75) is 6.54 Å². The van der Waals surface area contributed by atoms with Crippen molar-refractivity contribution in [1.82, 2.24) is 35.1 Å². The molecular weight excluding hydrogens is 415 g/mol. The highest BCUT2D eigenvalue weighted by molar-refractivity contribution is 6.02. The van der Waals surface area contributed by atoms with Gasteiger partial charge in [0.15, 0.2) is 5.82 Å². The van der Waals surface area contributed by atoms with Crippen molar-refractivity contribution in [1.29, 1.82) is 0 Å². The molecule has 0 bridgehead atoms. The van der Waals surface area contributed by atoms with E-state index >= 15 is 0 Å². The molecule has 4 aromatic heterocycles. The number of aromatic amines is 1. The van der Waals surface area contributed by atoms with Crippen molar-refractivity contribution in [3.05, 3.63) is 84.3 Å². The SMILES string of the molecule is O=C(Nc1ccnc(-c2cc(-c3ccon3)n(Cc3ccccc3F)n2)n1)c1ccn[nH]1. The predicted octanol–water partition coefficient (Wildman–Crippen LogP) is 3.16. The zero-order valence-electron chi connectivity index (χ0n) is 16.4. The van der Waals surface area contributed by atoms with Crippen LogP contribution >= 0.6 is 0 Å². The lowest BCUT2D eigenvalue weighted by atomic mass is 10.2. The number of benzene rings is 1. The van der Waals surface area contributed by atoms with E-state index in [4.69, 9.17) is 4.52 Å². The van der Waals surface area contributed by atoms with E-state index in [0.717, 1.165) is 0 Å². The molecule has 1 aromatic carbocycles. The fourth-order valence-corrected chi connectivity index (χ4v) is 3.10. The molecule has 32 heavy (non-hydrogen) atoms. The summed E-state index contributed by atoms with van der Waals surface area (Å²) in [5.41, 5.74) is 2.33. The van der Waals surface area contributed by atoms with E-state index in [1.807, 2.05) is 0 Å². The van der Waals surface area contributed by atoms with Gasteiger partial charge in [-0.15, -0.1) is 0 Å². The van der Waals surface area contributed by atoms with Gasteiger partial charge in [0.05, 0.1) is 12.2 Å². The fraction of sp³-hybridized carbons (Fsp3) is 0.0476. The van der Waals surface area contributed by atoms with Crippen LogP contribution < -0.4 is 5.32 Å². The highest BCUT2D eigenvalue weighted by Crippen LogP contribution is 2.25. The van der Waals surface area contributed by atoms with Crippen LogP contribution in [0.5, 0.6) is 0 Å². The fourth-order valence-electron chi connectivity index (χ4n) is 3.10. The van der Waals surface area contributed by atoms with Crippen LogP contribution in [0, 0.1) is 5.82 Å². The quantitative estimate of drug-likeness (QED) is 0.423. The summed E-state index contributed by atoms with van der Waals surface area (Å²) in [6.45, 7) is 0.172. The number of H-pyrrole nitrogens is 1. The summed E-state index contributed by atoms with van der Waals surface area (Å²) < 4.78 is 20.8. The summed E-state index contributed by atoms with van der Waals surface area (Å²) in [5.74, 6) is -0.151. The largest absolute Gasteiger partial charge is 0.364 e. The molecule has 0 unspecified atom stereocenters. The lowest BCUT2D eigenvalue weighted by molar-refractivity contribution is 0.102. The monoisotopic (exact) mass is 430 g/mol. The van der Waals surface area contributed by atoms with Gasteiger partial charge >= 0.3 is 0 Å². The van der Waals surface area contributed by atoms with Crippen LogP contribution in [0.15, 0.2) is 71.7 Å². The van der Waals surface area contributed by atoms with Gasteiger partial charge in [0, 0.05) is 24.0 Å². The number of halogens is 1. The molecule has 0 aliphatic rings. The van der Waals surface area contributed by atoms with Crippen molar-refractivity contribution < 1.29 is 13.7 Å². The van der Waals surface area contributed by atoms with Gasteiger partial charge in [0.2, 0.25) is 0 Å². The predicted molar refractivity (Wildman–Crippen MR) is 111 cm³/mol. The Morgan fingerprint density at radius 3 is 2.81 bits per heavy atom. The highest BCUT2D eigenvalue weighted by atomic mass is 19.1. The summed E-state index contributed by atoms with van der Waals surface area (Å²) in [6.07, 6.45) is 4.43. The molecule has 1 amide bonds. The van der Waals surface area contributed by atoms with Crippen LogP contribution in [0.2, 0.25) is 0 Å². The zero-order chi connectivity index (χ0) is 21.9. The zero-order valence-corrected chi connectivity index (χ0v) is 16.4. The van der Waals surface area contributed by atoms with Crippen molar-refractivity contribution in [2.75, 3.05) is 5.32 Å². The highest BCUT2D eigenvalue weighted by Gasteiger charge is 2.17. The smallest absolute Gasteiger partial charge is 0.274 e. The van der Waals surface area contributed by atoms with E-state index in [1.165, 1.54) is 24.7 Å². The van der Waals surface area contributed by atoms with Gasteiger partial charge in [0.25, 0.3) is 5.91 Å². The Bertz CT molecular complexity index is 1360. The number of rotatable bonds is 6. The van der Waals surface area contributed by atoms with Gasteiger partial charge in [0.1, 0.15) is 35.0 Å². The standard InChI is InChI=1S/C21H15FN8O2/c22-14-4-2-1-3-13(14)12-30-18(15-7-10-32-29-15)11-17(28-30)20-23-8-6-19(25-20)26-21(31)16-5-9-24-27-16/h1-11H,12H2,(H,24,27)(H,23,25,26,31). The molecule has 2 N–H and O–H groups in total. The Kier molecular flexibility index (Phi) is 4.96. The van der Waals surface area contributed by atoms with Gasteiger partial charge in [-0.2, -0.15) is 10.2 Å². The number of aromatic nitrogens is 7. The Morgan fingerprint density at radius 2 is 2.03 bits per heavy atom. The van der Waals surface area contributed by atoms with Crippen LogP contribution in [0.1, 0.15) is 16.1 Å². The van der Waals surface area contributed by atoms with Crippen molar-refractivity contribution in [3.63, 3.8) is 0 Å². The summed E-state index contributed by atoms with van der Waals surface area (Å²) in [4.78, 5) is 20.9. The molecule has 5 rings (SSSR count). The van der Waals surface area contributed by atoms with Crippen LogP contribution in [0.3, 0.4) is 0 Å². The molecule has 0 aliphatic heterocycles. The second kappa shape index (κ2) is 8.22. The molecule has 0 saturated heterocycles. The first-order chi connectivity index (χ1) is 15.7. The number of amides is 1. The first kappa shape index (κ1) is 19.3. The maximum absolute atomic E-state index is 14.2. The lowest BCUT2D eigenvalue weighted by Gasteiger charge is -2.06. The maximum Gasteiger partial charge on any atom is 0.274 e. The molecule has 0 radical (unpaired) electrons. The normalized spacial score (nSPS) is 10.9. The molecule has 0 atom stereocenters. The Balaban J connectivity index is 1.49. The van der Waals surface area contributed by atoms with E-state index in [0.29, 0.717) is 34.2 Å². The number of carbonyl (C=O) groups excluding carboxylic acids is 1. The van der Waals surface area contributed by atoms with Crippen LogP contribution in [-0.4, -0.2) is 41.0 Å². The molecule has 11 heteroatoms. The summed E-state index contributed by atoms with van der Waals surface area (Å²) >= 11 is 0. The van der Waals surface area contributed by atoms with E-state index in [-0.39, 0.29) is 24.1 Å². The number of hydrogen-bond donors (Lipinski definition) is 2. The Hall–Kier alpha value is -4.67. The summed E-state index contributed by atoms with van der Waals surface area (Å²) in [6, 6.07) is 13.0. The van der Waals surface area contributed by atoms with Gasteiger partial charge in [-0.3, -0.25) is 14.6 Å². The van der Waals surface area contributed by atoms with Gasteiger partial charge < -0.3 is 9.84 Å². The minimum Gasteiger partial charge on any atom is -0.364 e. The van der Waals surface area contributed by atoms with E-state index in [2.05, 4.69) is 35.7 Å². The third-order valence-electron chi connectivity index (χ3n) is 4.63. The number of hydrogen-bond acceptors (Lipinski definition) is 7. The molecule has 158 valence electrons. The summed E-state index contributed by atoms with van der Waals surface area (Å²) in [5, 5.41) is 17.5. The molecule has 0 saturated carbocycles. The average molecular weight is 430 g/mol. The van der Waals surface area contributed by atoms with Gasteiger partial charge in [-0.25, -0.2) is 14.4 Å². The maximum atomic E-state index is 14.2. The molecular formula is C21H15FN8O2. The van der Waals surface area contributed by atoms with E-state index in [1.54, 1.807) is 47.1 Å². The average Bonchev–Trinajstić information content (AvgIpc) is 3.57. The minimum atomic E-state index is -0.388. The van der Waals surface area contributed by atoms with E-state index in [9.17, 15) is 9.18 Å². The lowest BCUT2D eigenvalue weighted by Crippen LogP contribution is -2.13. The molecule has 0 fully saturated rings. The second-order valence-electron chi connectivity index (χ2n) is 6.74. The third kappa shape index (κ3) is 3.86. The number of carbonyl (C=O) groups is 1. The van der Waals surface area contributed by atoms with Crippen LogP contribution in [-0.2, 0) is 6.54 Å². The van der Waals surface area contributed by atoms with Crippen molar-refractivity contribution in [3.8, 4) is 22.9 Å². The topological polar surface area (TPSA) is 127 Å². The van der Waals surface area contributed by atoms with Crippen LogP contribution in [0.4, 0.5) is 10.2 Å². The molecule has 0 spiro atoms. The minimum absolute atomic E-state index is 0.172. The van der Waals surface area contributed by atoms with Crippen molar-refractivity contribution in [2.24, 2.45) is 0 Å². The van der Waals surface area contributed by atoms with Gasteiger partial charge in [-0.1, -0.05) is 23.4 Å². The van der Waals surface area contributed by atoms with Crippen molar-refractivity contribution >= 4 is 11.7 Å². The number of anilines is 1. The number of nitrogens with one attached hydrogen (secondary N) is 2. The first-order valence-electron chi connectivity index (χ1n) is 9.53. The molecule has 5 aromatic rings. The van der Waals surface area contributed by atoms with Gasteiger partial charge in [-0.05, 0) is 24.3 Å². The van der Waals surface area contributed by atoms with Crippen LogP contribution in [0.25, 0.3) is 22.9 Å². The first-order valence-corrected chi connectivity index (χ1v) is 9.53. The summed E-state index contributed by atoms with van der Waals surface area (Å²) in [7, 11) is 0. The second-order valence-corrected chi connectivity index (χ2v) is 6.74. The number of nitrogens with zero attached hydrogens (tertiary/aromatic N) is 6. The third-order valence-corrected chi connectivity index (χ3v) is 4.63. The molecule has 4 heterocycles.